The van der Waals surface area contributed by atoms with Gasteiger partial charge >= 0.3 is 0 Å². The van der Waals surface area contributed by atoms with E-state index in [-0.39, 0.29) is 11.9 Å². The quantitative estimate of drug-likeness (QED) is 0.785. The predicted octanol–water partition coefficient (Wildman–Crippen LogP) is 1.09. The number of aliphatic hydroxyl groups is 1. The summed E-state index contributed by atoms with van der Waals surface area (Å²) in [6, 6.07) is 0.197. The van der Waals surface area contributed by atoms with Crippen LogP contribution in [-0.4, -0.2) is 59.1 Å². The number of likely N-dealkylation sites (tertiary alicyclic amines) is 1. The van der Waals surface area contributed by atoms with Crippen molar-refractivity contribution in [3.8, 4) is 0 Å². The fourth-order valence-corrected chi connectivity index (χ4v) is 2.50. The van der Waals surface area contributed by atoms with E-state index >= 15 is 0 Å². The summed E-state index contributed by atoms with van der Waals surface area (Å²) in [5.41, 5.74) is -0.670. The summed E-state index contributed by atoms with van der Waals surface area (Å²) in [4.78, 5) is 15.7. The van der Waals surface area contributed by atoms with Crippen molar-refractivity contribution in [3.63, 3.8) is 0 Å². The van der Waals surface area contributed by atoms with E-state index in [9.17, 15) is 9.90 Å². The highest BCUT2D eigenvalue weighted by atomic mass is 16.3. The van der Waals surface area contributed by atoms with Crippen LogP contribution >= 0.6 is 0 Å². The van der Waals surface area contributed by atoms with Crippen molar-refractivity contribution in [1.82, 2.24) is 9.80 Å². The van der Waals surface area contributed by atoms with E-state index in [2.05, 4.69) is 4.90 Å². The Morgan fingerprint density at radius 1 is 1.53 bits per heavy atom. The lowest BCUT2D eigenvalue weighted by molar-refractivity contribution is -0.130. The lowest BCUT2D eigenvalue weighted by atomic mass is 9.96. The van der Waals surface area contributed by atoms with E-state index in [1.165, 1.54) is 0 Å². The van der Waals surface area contributed by atoms with Crippen LogP contribution in [0.25, 0.3) is 0 Å². The van der Waals surface area contributed by atoms with Crippen molar-refractivity contribution in [1.29, 1.82) is 0 Å². The molecule has 0 saturated carbocycles. The van der Waals surface area contributed by atoms with Gasteiger partial charge in [-0.25, -0.2) is 0 Å². The van der Waals surface area contributed by atoms with Crippen molar-refractivity contribution in [2.75, 3.05) is 26.7 Å². The van der Waals surface area contributed by atoms with E-state index in [0.717, 1.165) is 32.5 Å². The van der Waals surface area contributed by atoms with Crippen molar-refractivity contribution >= 4 is 5.91 Å². The number of hydrogen-bond acceptors (Lipinski definition) is 3. The minimum atomic E-state index is -0.670. The summed E-state index contributed by atoms with van der Waals surface area (Å²) in [6.45, 7) is 8.21. The number of nitrogens with zero attached hydrogens (tertiary/aromatic N) is 2. The fourth-order valence-electron chi connectivity index (χ4n) is 2.50. The lowest BCUT2D eigenvalue weighted by Gasteiger charge is -2.33. The molecule has 17 heavy (non-hydrogen) atoms. The minimum absolute atomic E-state index is 0.189. The standard InChI is InChI=1S/C13H26N2O2/c1-5-14(4)12(16)8-10-15-9-6-7-11(15)13(2,3)17/h11,17H,5-10H2,1-4H3. The Morgan fingerprint density at radius 3 is 2.71 bits per heavy atom. The molecule has 1 fully saturated rings. The van der Waals surface area contributed by atoms with Gasteiger partial charge in [-0.05, 0) is 40.2 Å². The Hall–Kier alpha value is -0.610. The van der Waals surface area contributed by atoms with Crippen LogP contribution in [0.3, 0.4) is 0 Å². The Balaban J connectivity index is 2.44. The molecule has 0 aromatic carbocycles. The van der Waals surface area contributed by atoms with Crippen LogP contribution in [-0.2, 0) is 4.79 Å². The summed E-state index contributed by atoms with van der Waals surface area (Å²) in [5, 5.41) is 10.1. The SMILES string of the molecule is CCN(C)C(=O)CCN1CCCC1C(C)(C)O. The van der Waals surface area contributed by atoms with Gasteiger partial charge in [-0.1, -0.05) is 0 Å². The van der Waals surface area contributed by atoms with E-state index in [1.54, 1.807) is 4.90 Å². The van der Waals surface area contributed by atoms with Crippen LogP contribution in [0.15, 0.2) is 0 Å². The molecular weight excluding hydrogens is 216 g/mol. The second kappa shape index (κ2) is 5.83. The highest BCUT2D eigenvalue weighted by Crippen LogP contribution is 2.26. The molecule has 0 aliphatic carbocycles. The number of hydrogen-bond donors (Lipinski definition) is 1. The van der Waals surface area contributed by atoms with Gasteiger partial charge in [0, 0.05) is 32.6 Å². The van der Waals surface area contributed by atoms with Crippen LogP contribution < -0.4 is 0 Å². The Kier molecular flexibility index (Phi) is 4.95. The molecule has 0 aromatic rings. The molecule has 1 aliphatic rings. The fraction of sp³-hybridized carbons (Fsp3) is 0.923. The number of amides is 1. The smallest absolute Gasteiger partial charge is 0.223 e. The van der Waals surface area contributed by atoms with Crippen LogP contribution in [0.1, 0.15) is 40.0 Å². The lowest BCUT2D eigenvalue weighted by Crippen LogP contribution is -2.46. The minimum Gasteiger partial charge on any atom is -0.389 e. The normalized spacial score (nSPS) is 21.8. The topological polar surface area (TPSA) is 43.8 Å². The van der Waals surface area contributed by atoms with Crippen molar-refractivity contribution in [3.05, 3.63) is 0 Å². The van der Waals surface area contributed by atoms with Crippen LogP contribution in [0, 0.1) is 0 Å². The average molecular weight is 242 g/mol. The summed E-state index contributed by atoms with van der Waals surface area (Å²) in [6.07, 6.45) is 2.70. The van der Waals surface area contributed by atoms with Gasteiger partial charge in [0.15, 0.2) is 0 Å². The molecular formula is C13H26N2O2. The zero-order chi connectivity index (χ0) is 13.1. The largest absolute Gasteiger partial charge is 0.389 e. The van der Waals surface area contributed by atoms with Gasteiger partial charge in [-0.2, -0.15) is 0 Å². The van der Waals surface area contributed by atoms with Crippen LogP contribution in [0.4, 0.5) is 0 Å². The van der Waals surface area contributed by atoms with Gasteiger partial charge in [-0.15, -0.1) is 0 Å². The molecule has 1 N–H and O–H groups in total. The number of carbonyl (C=O) groups excluding carboxylic acids is 1. The van der Waals surface area contributed by atoms with E-state index in [4.69, 9.17) is 0 Å². The molecule has 1 unspecified atom stereocenters. The summed E-state index contributed by atoms with van der Waals surface area (Å²) in [7, 11) is 1.83. The predicted molar refractivity (Wildman–Crippen MR) is 68.8 cm³/mol. The first kappa shape index (κ1) is 14.5. The second-order valence-corrected chi connectivity index (χ2v) is 5.51. The summed E-state index contributed by atoms with van der Waals surface area (Å²) in [5.74, 6) is 0.189. The molecule has 1 heterocycles. The Morgan fingerprint density at radius 2 is 2.18 bits per heavy atom. The van der Waals surface area contributed by atoms with Gasteiger partial charge in [-0.3, -0.25) is 9.69 Å². The monoisotopic (exact) mass is 242 g/mol. The molecule has 1 saturated heterocycles. The average Bonchev–Trinajstić information content (AvgIpc) is 2.72. The molecule has 0 spiro atoms. The van der Waals surface area contributed by atoms with Gasteiger partial charge in [0.1, 0.15) is 0 Å². The molecule has 0 bridgehead atoms. The summed E-state index contributed by atoms with van der Waals surface area (Å²) < 4.78 is 0. The maximum Gasteiger partial charge on any atom is 0.223 e. The first-order chi connectivity index (χ1) is 7.86. The molecule has 1 atom stereocenters. The Labute approximate surface area is 105 Å². The third-order valence-electron chi connectivity index (χ3n) is 3.69. The first-order valence-electron chi connectivity index (χ1n) is 6.56. The molecule has 4 heteroatoms. The molecule has 100 valence electrons. The maximum atomic E-state index is 11.7. The van der Waals surface area contributed by atoms with Gasteiger partial charge in [0.05, 0.1) is 5.60 Å². The molecule has 0 aromatic heterocycles. The molecule has 0 radical (unpaired) electrons. The first-order valence-corrected chi connectivity index (χ1v) is 6.56. The highest BCUT2D eigenvalue weighted by Gasteiger charge is 2.35. The number of rotatable bonds is 5. The van der Waals surface area contributed by atoms with Crippen LogP contribution in [0.5, 0.6) is 0 Å². The van der Waals surface area contributed by atoms with E-state index < -0.39 is 5.60 Å². The molecule has 1 rings (SSSR count). The summed E-state index contributed by atoms with van der Waals surface area (Å²) >= 11 is 0. The second-order valence-electron chi connectivity index (χ2n) is 5.51. The Bertz CT molecular complexity index is 261. The van der Waals surface area contributed by atoms with Gasteiger partial charge in [0.2, 0.25) is 5.91 Å². The third-order valence-corrected chi connectivity index (χ3v) is 3.69. The van der Waals surface area contributed by atoms with Crippen molar-refractivity contribution < 1.29 is 9.90 Å². The molecule has 1 amide bonds. The van der Waals surface area contributed by atoms with Crippen molar-refractivity contribution in [2.24, 2.45) is 0 Å². The van der Waals surface area contributed by atoms with Crippen LogP contribution in [0.2, 0.25) is 0 Å². The highest BCUT2D eigenvalue weighted by molar-refractivity contribution is 5.75. The zero-order valence-corrected chi connectivity index (χ0v) is 11.6. The van der Waals surface area contributed by atoms with Gasteiger partial charge < -0.3 is 10.0 Å². The molecule has 1 aliphatic heterocycles. The van der Waals surface area contributed by atoms with Gasteiger partial charge in [0.25, 0.3) is 0 Å². The maximum absolute atomic E-state index is 11.7. The molecule has 4 nitrogen and oxygen atoms in total. The zero-order valence-electron chi connectivity index (χ0n) is 11.6. The van der Waals surface area contributed by atoms with E-state index in [0.29, 0.717) is 6.42 Å². The van der Waals surface area contributed by atoms with Crippen molar-refractivity contribution in [2.45, 2.75) is 51.7 Å². The third kappa shape index (κ3) is 3.96. The van der Waals surface area contributed by atoms with E-state index in [1.807, 2.05) is 27.8 Å². The number of carbonyl (C=O) groups is 1.